The molecule has 0 spiro atoms. The fourth-order valence-corrected chi connectivity index (χ4v) is 5.83. The molecule has 2 aromatic heterocycles. The second-order valence-corrected chi connectivity index (χ2v) is 10.3. The van der Waals surface area contributed by atoms with Crippen molar-refractivity contribution in [3.63, 3.8) is 0 Å². The van der Waals surface area contributed by atoms with Crippen LogP contribution < -0.4 is 19.9 Å². The number of hydrogen-bond donors (Lipinski definition) is 1. The molecular weight excluding hydrogens is 482 g/mol. The van der Waals surface area contributed by atoms with E-state index in [0.29, 0.717) is 25.1 Å². The number of carbonyl (C=O) groups excluding carboxylic acids is 1. The largest absolute Gasteiger partial charge is 0.438 e. The summed E-state index contributed by atoms with van der Waals surface area (Å²) in [5.74, 6) is 2.07. The number of fused-ring (bicyclic) bond motifs is 1. The zero-order valence-corrected chi connectivity index (χ0v) is 22.1. The highest BCUT2D eigenvalue weighted by molar-refractivity contribution is 5.95. The zero-order valence-electron chi connectivity index (χ0n) is 22.1. The lowest BCUT2D eigenvalue weighted by Gasteiger charge is -2.35. The average molecular weight is 518 g/mol. The number of rotatable bonds is 5. The number of aromatic nitrogens is 4. The Morgan fingerprint density at radius 1 is 1.13 bits per heavy atom. The standard InChI is InChI=1S/C28H35N7O3/c1-19-3-4-24-25(35(19)20(2)36)6-5-23(21-16-32-34(17-21)22-7-9-29-10-8-22)28(24)38-27-15-26(30-18-31-27)33-11-13-37-14-12-33/h5-6,15-19,22,29H,3-4,7-14H2,1-2H3. The molecule has 5 heterocycles. The lowest BCUT2D eigenvalue weighted by Crippen LogP contribution is -2.40. The van der Waals surface area contributed by atoms with Gasteiger partial charge < -0.3 is 24.6 Å². The van der Waals surface area contributed by atoms with Gasteiger partial charge in [-0.2, -0.15) is 5.10 Å². The van der Waals surface area contributed by atoms with Gasteiger partial charge in [0.15, 0.2) is 0 Å². The minimum Gasteiger partial charge on any atom is -0.438 e. The molecule has 1 amide bonds. The summed E-state index contributed by atoms with van der Waals surface area (Å²) in [6.07, 6.45) is 9.39. The molecule has 3 aliphatic rings. The monoisotopic (exact) mass is 517 g/mol. The van der Waals surface area contributed by atoms with Crippen LogP contribution in [0.5, 0.6) is 11.6 Å². The summed E-state index contributed by atoms with van der Waals surface area (Å²) < 4.78 is 14.2. The van der Waals surface area contributed by atoms with Crippen molar-refractivity contribution < 1.29 is 14.3 Å². The van der Waals surface area contributed by atoms with Gasteiger partial charge in [-0.3, -0.25) is 9.48 Å². The number of morpholine rings is 1. The van der Waals surface area contributed by atoms with E-state index in [-0.39, 0.29) is 11.9 Å². The highest BCUT2D eigenvalue weighted by Crippen LogP contribution is 2.44. The number of nitrogens with one attached hydrogen (secondary N) is 1. The van der Waals surface area contributed by atoms with Crippen LogP contribution >= 0.6 is 0 Å². The second-order valence-electron chi connectivity index (χ2n) is 10.3. The van der Waals surface area contributed by atoms with Gasteiger partial charge in [0.1, 0.15) is 17.9 Å². The molecule has 1 atom stereocenters. The molecule has 0 aliphatic carbocycles. The van der Waals surface area contributed by atoms with E-state index in [1.54, 1.807) is 13.3 Å². The van der Waals surface area contributed by atoms with E-state index in [9.17, 15) is 4.79 Å². The van der Waals surface area contributed by atoms with Gasteiger partial charge in [0.2, 0.25) is 11.8 Å². The number of ether oxygens (including phenoxy) is 2. The van der Waals surface area contributed by atoms with Crippen LogP contribution in [0.4, 0.5) is 11.5 Å². The second kappa shape index (κ2) is 10.7. The van der Waals surface area contributed by atoms with Crippen LogP contribution in [0.3, 0.4) is 0 Å². The number of benzene rings is 1. The number of nitrogens with zero attached hydrogens (tertiary/aromatic N) is 6. The first-order chi connectivity index (χ1) is 18.6. The van der Waals surface area contributed by atoms with Gasteiger partial charge in [0.05, 0.1) is 31.1 Å². The molecule has 10 heteroatoms. The van der Waals surface area contributed by atoms with Crippen molar-refractivity contribution in [2.45, 2.75) is 51.6 Å². The third-order valence-corrected chi connectivity index (χ3v) is 7.85. The van der Waals surface area contributed by atoms with E-state index >= 15 is 0 Å². The van der Waals surface area contributed by atoms with Crippen LogP contribution in [0, 0.1) is 0 Å². The molecule has 10 nitrogen and oxygen atoms in total. The maximum absolute atomic E-state index is 12.6. The summed E-state index contributed by atoms with van der Waals surface area (Å²) in [6, 6.07) is 6.51. The minimum absolute atomic E-state index is 0.0347. The van der Waals surface area contributed by atoms with Gasteiger partial charge in [0.25, 0.3) is 0 Å². The molecule has 3 aliphatic heterocycles. The van der Waals surface area contributed by atoms with Crippen LogP contribution in [0.1, 0.15) is 44.7 Å². The first-order valence-corrected chi connectivity index (χ1v) is 13.6. The summed E-state index contributed by atoms with van der Waals surface area (Å²) in [5.41, 5.74) is 3.88. The van der Waals surface area contributed by atoms with Gasteiger partial charge in [-0.25, -0.2) is 9.97 Å². The molecule has 3 aromatic rings. The van der Waals surface area contributed by atoms with E-state index in [1.165, 1.54) is 0 Å². The third-order valence-electron chi connectivity index (χ3n) is 7.85. The molecule has 38 heavy (non-hydrogen) atoms. The molecular formula is C28H35N7O3. The topological polar surface area (TPSA) is 97.6 Å². The van der Waals surface area contributed by atoms with Crippen molar-refractivity contribution >= 4 is 17.4 Å². The summed E-state index contributed by atoms with van der Waals surface area (Å²) in [5, 5.41) is 8.15. The summed E-state index contributed by atoms with van der Waals surface area (Å²) in [6.45, 7) is 8.65. The Morgan fingerprint density at radius 2 is 1.95 bits per heavy atom. The summed E-state index contributed by atoms with van der Waals surface area (Å²) in [7, 11) is 0. The van der Waals surface area contributed by atoms with Crippen molar-refractivity contribution in [1.29, 1.82) is 0 Å². The predicted molar refractivity (Wildman–Crippen MR) is 145 cm³/mol. The van der Waals surface area contributed by atoms with E-state index in [4.69, 9.17) is 14.6 Å². The molecule has 200 valence electrons. The number of hydrogen-bond acceptors (Lipinski definition) is 8. The van der Waals surface area contributed by atoms with Gasteiger partial charge in [0, 0.05) is 55.0 Å². The molecule has 6 rings (SSSR count). The fourth-order valence-electron chi connectivity index (χ4n) is 5.83. The van der Waals surface area contributed by atoms with E-state index in [1.807, 2.05) is 17.2 Å². The number of piperidine rings is 1. The number of anilines is 2. The van der Waals surface area contributed by atoms with Gasteiger partial charge in [-0.15, -0.1) is 0 Å². The van der Waals surface area contributed by atoms with Gasteiger partial charge >= 0.3 is 0 Å². The Morgan fingerprint density at radius 3 is 2.74 bits per heavy atom. The quantitative estimate of drug-likeness (QED) is 0.549. The summed E-state index contributed by atoms with van der Waals surface area (Å²) >= 11 is 0. The highest BCUT2D eigenvalue weighted by Gasteiger charge is 2.31. The van der Waals surface area contributed by atoms with Crippen molar-refractivity contribution in [3.8, 4) is 22.8 Å². The zero-order chi connectivity index (χ0) is 26.1. The van der Waals surface area contributed by atoms with Crippen LogP contribution in [-0.4, -0.2) is 71.1 Å². The van der Waals surface area contributed by atoms with Crippen molar-refractivity contribution in [1.82, 2.24) is 25.1 Å². The number of amides is 1. The minimum atomic E-state index is 0.0347. The van der Waals surface area contributed by atoms with Crippen LogP contribution in [-0.2, 0) is 16.0 Å². The Bertz CT molecular complexity index is 1300. The Balaban J connectivity index is 1.40. The lowest BCUT2D eigenvalue weighted by atomic mass is 9.92. The molecule has 1 N–H and O–H groups in total. The van der Waals surface area contributed by atoms with Gasteiger partial charge in [-0.1, -0.05) is 0 Å². The highest BCUT2D eigenvalue weighted by atomic mass is 16.5. The fraction of sp³-hybridized carbons (Fsp3) is 0.500. The molecule has 1 unspecified atom stereocenters. The summed E-state index contributed by atoms with van der Waals surface area (Å²) in [4.78, 5) is 25.6. The molecule has 0 saturated carbocycles. The van der Waals surface area contributed by atoms with Crippen LogP contribution in [0.15, 0.2) is 36.9 Å². The maximum Gasteiger partial charge on any atom is 0.224 e. The number of carbonyl (C=O) groups is 1. The Hall–Kier alpha value is -3.50. The molecule has 2 fully saturated rings. The van der Waals surface area contributed by atoms with Crippen molar-refractivity contribution in [2.24, 2.45) is 0 Å². The van der Waals surface area contributed by atoms with Crippen molar-refractivity contribution in [2.75, 3.05) is 49.2 Å². The van der Waals surface area contributed by atoms with E-state index in [2.05, 4.69) is 50.1 Å². The van der Waals surface area contributed by atoms with Gasteiger partial charge in [-0.05, 0) is 57.8 Å². The third kappa shape index (κ3) is 4.86. The lowest BCUT2D eigenvalue weighted by molar-refractivity contribution is -0.117. The normalized spacial score (nSPS) is 20.3. The van der Waals surface area contributed by atoms with E-state index in [0.717, 1.165) is 85.8 Å². The average Bonchev–Trinajstić information content (AvgIpc) is 3.44. The first-order valence-electron chi connectivity index (χ1n) is 13.6. The van der Waals surface area contributed by atoms with Crippen LogP contribution in [0.2, 0.25) is 0 Å². The SMILES string of the molecule is CC(=O)N1c2ccc(-c3cnn(C4CCNCC4)c3)c(Oc3cc(N4CCOCC4)ncn3)c2CCC1C. The molecule has 1 aromatic carbocycles. The van der Waals surface area contributed by atoms with E-state index < -0.39 is 0 Å². The predicted octanol–water partition coefficient (Wildman–Crippen LogP) is 3.58. The molecule has 0 radical (unpaired) electrons. The van der Waals surface area contributed by atoms with Crippen LogP contribution in [0.25, 0.3) is 11.1 Å². The molecule has 2 saturated heterocycles. The van der Waals surface area contributed by atoms with Crippen molar-refractivity contribution in [3.05, 3.63) is 42.5 Å². The Labute approximate surface area is 223 Å². The Kier molecular flexibility index (Phi) is 6.99. The first kappa shape index (κ1) is 24.8. The maximum atomic E-state index is 12.6. The smallest absolute Gasteiger partial charge is 0.224 e. The molecule has 0 bridgehead atoms.